The summed E-state index contributed by atoms with van der Waals surface area (Å²) in [6, 6.07) is 1.64. The Labute approximate surface area is 104 Å². The van der Waals surface area contributed by atoms with Crippen molar-refractivity contribution in [3.8, 4) is 0 Å². The average molecular weight is 289 g/mol. The number of carbonyl (C=O) groups excluding carboxylic acids is 1. The Bertz CT molecular complexity index is 326. The second-order valence-corrected chi connectivity index (χ2v) is 4.48. The molecule has 0 unspecified atom stereocenters. The Morgan fingerprint density at radius 2 is 2.19 bits per heavy atom. The fourth-order valence-electron chi connectivity index (χ4n) is 1.33. The number of amides is 1. The molecule has 0 aliphatic heterocycles. The van der Waals surface area contributed by atoms with Crippen LogP contribution in [0.25, 0.3) is 0 Å². The lowest BCUT2D eigenvalue weighted by molar-refractivity contribution is 0.0916. The molecule has 5 heteroatoms. The number of rotatable bonds is 7. The van der Waals surface area contributed by atoms with Gasteiger partial charge in [0.25, 0.3) is 5.91 Å². The highest BCUT2D eigenvalue weighted by atomic mass is 79.9. The summed E-state index contributed by atoms with van der Waals surface area (Å²) in [5.74, 6) is 0.110. The van der Waals surface area contributed by atoms with Gasteiger partial charge < -0.3 is 9.84 Å². The molecular formula is C11H17BrN2O2. The van der Waals surface area contributed by atoms with Crippen molar-refractivity contribution in [2.45, 2.75) is 32.6 Å². The summed E-state index contributed by atoms with van der Waals surface area (Å²) in [5, 5.41) is 7.52. The maximum absolute atomic E-state index is 11.5. The Morgan fingerprint density at radius 1 is 1.44 bits per heavy atom. The minimum absolute atomic E-state index is 0.180. The third-order valence-corrected chi connectivity index (χ3v) is 2.76. The number of halogens is 1. The van der Waals surface area contributed by atoms with Crippen LogP contribution in [0.5, 0.6) is 0 Å². The van der Waals surface area contributed by atoms with Gasteiger partial charge in [-0.25, -0.2) is 0 Å². The standard InChI is InChI=1S/C11H17BrN2O2/c1-9-8-10(16-14-9)11(15)13-7-5-3-2-4-6-12/h8H,2-7H2,1H3,(H,13,15). The molecule has 0 atom stereocenters. The van der Waals surface area contributed by atoms with Crippen molar-refractivity contribution in [2.24, 2.45) is 0 Å². The molecule has 16 heavy (non-hydrogen) atoms. The number of aromatic nitrogens is 1. The molecule has 0 aliphatic rings. The van der Waals surface area contributed by atoms with Crippen LogP contribution in [0.3, 0.4) is 0 Å². The molecule has 0 saturated heterocycles. The number of hydrogen-bond donors (Lipinski definition) is 1. The molecule has 0 bridgehead atoms. The number of nitrogens with zero attached hydrogens (tertiary/aromatic N) is 1. The van der Waals surface area contributed by atoms with E-state index in [1.54, 1.807) is 13.0 Å². The van der Waals surface area contributed by atoms with Crippen LogP contribution in [-0.4, -0.2) is 22.9 Å². The van der Waals surface area contributed by atoms with E-state index >= 15 is 0 Å². The lowest BCUT2D eigenvalue weighted by Crippen LogP contribution is -2.23. The number of nitrogens with one attached hydrogen (secondary N) is 1. The topological polar surface area (TPSA) is 55.1 Å². The van der Waals surface area contributed by atoms with E-state index in [1.807, 2.05) is 0 Å². The first kappa shape index (κ1) is 13.2. The number of alkyl halides is 1. The summed E-state index contributed by atoms with van der Waals surface area (Å²) in [6.45, 7) is 2.49. The highest BCUT2D eigenvalue weighted by Crippen LogP contribution is 2.03. The van der Waals surface area contributed by atoms with E-state index < -0.39 is 0 Å². The molecule has 1 aromatic rings. The number of aryl methyl sites for hydroxylation is 1. The van der Waals surface area contributed by atoms with Crippen LogP contribution in [0.2, 0.25) is 0 Å². The van der Waals surface area contributed by atoms with Crippen molar-refractivity contribution < 1.29 is 9.32 Å². The highest BCUT2D eigenvalue weighted by molar-refractivity contribution is 9.09. The third kappa shape index (κ3) is 4.79. The summed E-state index contributed by atoms with van der Waals surface area (Å²) in [4.78, 5) is 11.5. The van der Waals surface area contributed by atoms with E-state index in [9.17, 15) is 4.79 Å². The smallest absolute Gasteiger partial charge is 0.289 e. The van der Waals surface area contributed by atoms with Crippen LogP contribution < -0.4 is 5.32 Å². The largest absolute Gasteiger partial charge is 0.351 e. The summed E-state index contributed by atoms with van der Waals surface area (Å²) in [5.41, 5.74) is 0.725. The highest BCUT2D eigenvalue weighted by Gasteiger charge is 2.09. The SMILES string of the molecule is Cc1cc(C(=O)NCCCCCCBr)on1. The minimum atomic E-state index is -0.180. The van der Waals surface area contributed by atoms with Gasteiger partial charge in [-0.05, 0) is 19.8 Å². The van der Waals surface area contributed by atoms with Gasteiger partial charge in [0.1, 0.15) is 0 Å². The van der Waals surface area contributed by atoms with E-state index in [0.29, 0.717) is 6.54 Å². The Hall–Kier alpha value is -0.840. The average Bonchev–Trinajstić information content (AvgIpc) is 2.70. The second kappa shape index (κ2) is 7.44. The van der Waals surface area contributed by atoms with Gasteiger partial charge in [0.15, 0.2) is 0 Å². The molecular weight excluding hydrogens is 272 g/mol. The van der Waals surface area contributed by atoms with Crippen LogP contribution in [0, 0.1) is 6.92 Å². The molecule has 1 heterocycles. The molecule has 1 amide bonds. The van der Waals surface area contributed by atoms with Crippen molar-refractivity contribution in [3.05, 3.63) is 17.5 Å². The molecule has 1 aromatic heterocycles. The van der Waals surface area contributed by atoms with Crippen molar-refractivity contribution >= 4 is 21.8 Å². The van der Waals surface area contributed by atoms with Gasteiger partial charge >= 0.3 is 0 Å². The monoisotopic (exact) mass is 288 g/mol. The molecule has 0 aromatic carbocycles. The minimum Gasteiger partial charge on any atom is -0.351 e. The fourth-order valence-corrected chi connectivity index (χ4v) is 1.73. The normalized spacial score (nSPS) is 10.4. The third-order valence-electron chi connectivity index (χ3n) is 2.20. The van der Waals surface area contributed by atoms with Crippen LogP contribution in [0.1, 0.15) is 41.9 Å². The van der Waals surface area contributed by atoms with Crippen LogP contribution in [0.4, 0.5) is 0 Å². The van der Waals surface area contributed by atoms with Gasteiger partial charge in [-0.3, -0.25) is 4.79 Å². The summed E-state index contributed by atoms with van der Waals surface area (Å²) in [7, 11) is 0. The van der Waals surface area contributed by atoms with Crippen molar-refractivity contribution in [3.63, 3.8) is 0 Å². The molecule has 4 nitrogen and oxygen atoms in total. The molecule has 1 N–H and O–H groups in total. The zero-order chi connectivity index (χ0) is 11.8. The zero-order valence-corrected chi connectivity index (χ0v) is 11.0. The molecule has 0 spiro atoms. The van der Waals surface area contributed by atoms with Gasteiger partial charge in [-0.15, -0.1) is 0 Å². The van der Waals surface area contributed by atoms with E-state index in [0.717, 1.165) is 23.9 Å². The van der Waals surface area contributed by atoms with Gasteiger partial charge in [0.2, 0.25) is 5.76 Å². The predicted octanol–water partition coefficient (Wildman–Crippen LogP) is 2.67. The zero-order valence-electron chi connectivity index (χ0n) is 9.46. The van der Waals surface area contributed by atoms with Gasteiger partial charge in [-0.2, -0.15) is 0 Å². The van der Waals surface area contributed by atoms with Gasteiger partial charge in [0, 0.05) is 17.9 Å². The lowest BCUT2D eigenvalue weighted by atomic mass is 10.2. The van der Waals surface area contributed by atoms with Crippen LogP contribution in [0.15, 0.2) is 10.6 Å². The molecule has 0 radical (unpaired) electrons. The van der Waals surface area contributed by atoms with E-state index in [-0.39, 0.29) is 11.7 Å². The Kier molecular flexibility index (Phi) is 6.15. The summed E-state index contributed by atoms with van der Waals surface area (Å²) >= 11 is 3.39. The maximum atomic E-state index is 11.5. The molecule has 1 rings (SSSR count). The number of carbonyl (C=O) groups is 1. The first-order chi connectivity index (χ1) is 7.74. The fraction of sp³-hybridized carbons (Fsp3) is 0.636. The van der Waals surface area contributed by atoms with Crippen molar-refractivity contribution in [2.75, 3.05) is 11.9 Å². The predicted molar refractivity (Wildman–Crippen MR) is 65.8 cm³/mol. The Balaban J connectivity index is 2.11. The number of unbranched alkanes of at least 4 members (excludes halogenated alkanes) is 3. The first-order valence-corrected chi connectivity index (χ1v) is 6.63. The second-order valence-electron chi connectivity index (χ2n) is 3.69. The molecule has 0 saturated carbocycles. The quantitative estimate of drug-likeness (QED) is 0.620. The molecule has 0 aliphatic carbocycles. The molecule has 0 fully saturated rings. The summed E-state index contributed by atoms with van der Waals surface area (Å²) in [6.07, 6.45) is 4.53. The lowest BCUT2D eigenvalue weighted by Gasteiger charge is -2.01. The molecule has 90 valence electrons. The maximum Gasteiger partial charge on any atom is 0.289 e. The van der Waals surface area contributed by atoms with Crippen molar-refractivity contribution in [1.82, 2.24) is 10.5 Å². The first-order valence-electron chi connectivity index (χ1n) is 5.51. The Morgan fingerprint density at radius 3 is 2.81 bits per heavy atom. The number of hydrogen-bond acceptors (Lipinski definition) is 3. The van der Waals surface area contributed by atoms with Crippen LogP contribution in [-0.2, 0) is 0 Å². The van der Waals surface area contributed by atoms with E-state index in [2.05, 4.69) is 26.4 Å². The van der Waals surface area contributed by atoms with Gasteiger partial charge in [-0.1, -0.05) is 33.9 Å². The van der Waals surface area contributed by atoms with E-state index in [1.165, 1.54) is 12.8 Å². The van der Waals surface area contributed by atoms with Gasteiger partial charge in [0.05, 0.1) is 5.69 Å². The van der Waals surface area contributed by atoms with Crippen LogP contribution >= 0.6 is 15.9 Å². The van der Waals surface area contributed by atoms with Crippen molar-refractivity contribution in [1.29, 1.82) is 0 Å². The van der Waals surface area contributed by atoms with E-state index in [4.69, 9.17) is 4.52 Å². The summed E-state index contributed by atoms with van der Waals surface area (Å²) < 4.78 is 4.85.